The van der Waals surface area contributed by atoms with Crippen LogP contribution in [0.4, 0.5) is 5.82 Å². The van der Waals surface area contributed by atoms with Crippen LogP contribution in [0.3, 0.4) is 0 Å². The lowest BCUT2D eigenvalue weighted by molar-refractivity contribution is 0.318. The van der Waals surface area contributed by atoms with Crippen LogP contribution in [-0.2, 0) is 0 Å². The summed E-state index contributed by atoms with van der Waals surface area (Å²) in [6.07, 6.45) is 6.10. The van der Waals surface area contributed by atoms with Crippen LogP contribution in [-0.4, -0.2) is 18.1 Å². The van der Waals surface area contributed by atoms with E-state index < -0.39 is 0 Å². The van der Waals surface area contributed by atoms with Crippen molar-refractivity contribution in [2.75, 3.05) is 18.0 Å². The summed E-state index contributed by atoms with van der Waals surface area (Å²) in [7, 11) is 0. The Morgan fingerprint density at radius 2 is 2.25 bits per heavy atom. The van der Waals surface area contributed by atoms with E-state index in [0.29, 0.717) is 0 Å². The number of aromatic nitrogens is 1. The standard InChI is InChI=1S/C13H19BrN2/c1-3-16(9-11-5-4-6-11)13-10(2)7-12(14)8-15-13/h7-8,11H,3-6,9H2,1-2H3. The number of halogens is 1. The molecule has 2 rings (SSSR count). The summed E-state index contributed by atoms with van der Waals surface area (Å²) in [6.45, 7) is 6.57. The van der Waals surface area contributed by atoms with E-state index in [1.54, 1.807) is 0 Å². The van der Waals surface area contributed by atoms with Crippen molar-refractivity contribution in [2.45, 2.75) is 33.1 Å². The van der Waals surface area contributed by atoms with Crippen LogP contribution in [0.25, 0.3) is 0 Å². The smallest absolute Gasteiger partial charge is 0.131 e. The lowest BCUT2D eigenvalue weighted by Gasteiger charge is -2.33. The number of hydrogen-bond donors (Lipinski definition) is 0. The number of rotatable bonds is 4. The topological polar surface area (TPSA) is 16.1 Å². The molecule has 1 heterocycles. The summed E-state index contributed by atoms with van der Waals surface area (Å²) < 4.78 is 1.06. The molecule has 0 saturated heterocycles. The van der Waals surface area contributed by atoms with Crippen molar-refractivity contribution in [3.8, 4) is 0 Å². The fourth-order valence-electron chi connectivity index (χ4n) is 2.22. The molecule has 1 saturated carbocycles. The van der Waals surface area contributed by atoms with Gasteiger partial charge in [0, 0.05) is 23.8 Å². The first-order valence-electron chi connectivity index (χ1n) is 6.07. The van der Waals surface area contributed by atoms with Crippen molar-refractivity contribution in [1.29, 1.82) is 0 Å². The lowest BCUT2D eigenvalue weighted by atomic mass is 9.85. The number of pyridine rings is 1. The van der Waals surface area contributed by atoms with Crippen molar-refractivity contribution in [3.63, 3.8) is 0 Å². The zero-order chi connectivity index (χ0) is 11.5. The number of hydrogen-bond acceptors (Lipinski definition) is 2. The third-order valence-corrected chi connectivity index (χ3v) is 3.84. The molecule has 0 aromatic carbocycles. The number of nitrogens with zero attached hydrogens (tertiary/aromatic N) is 2. The van der Waals surface area contributed by atoms with Gasteiger partial charge in [-0.15, -0.1) is 0 Å². The summed E-state index contributed by atoms with van der Waals surface area (Å²) in [5, 5.41) is 0. The molecule has 16 heavy (non-hydrogen) atoms. The maximum Gasteiger partial charge on any atom is 0.131 e. The summed E-state index contributed by atoms with van der Waals surface area (Å²) >= 11 is 3.46. The van der Waals surface area contributed by atoms with Crippen LogP contribution in [0, 0.1) is 12.8 Å². The van der Waals surface area contributed by atoms with Crippen LogP contribution in [0.1, 0.15) is 31.7 Å². The van der Waals surface area contributed by atoms with E-state index in [4.69, 9.17) is 0 Å². The molecule has 2 nitrogen and oxygen atoms in total. The fraction of sp³-hybridized carbons (Fsp3) is 0.615. The summed E-state index contributed by atoms with van der Waals surface area (Å²) in [5.74, 6) is 2.04. The highest BCUT2D eigenvalue weighted by Gasteiger charge is 2.21. The van der Waals surface area contributed by atoms with Gasteiger partial charge in [-0.3, -0.25) is 0 Å². The van der Waals surface area contributed by atoms with Gasteiger partial charge in [0.25, 0.3) is 0 Å². The van der Waals surface area contributed by atoms with Gasteiger partial charge in [-0.05, 0) is 60.2 Å². The molecule has 0 spiro atoms. The van der Waals surface area contributed by atoms with Gasteiger partial charge in [-0.2, -0.15) is 0 Å². The molecule has 1 fully saturated rings. The molecule has 1 aliphatic rings. The SMILES string of the molecule is CCN(CC1CCC1)c1ncc(Br)cc1C. The van der Waals surface area contributed by atoms with E-state index in [1.165, 1.54) is 31.4 Å². The molecule has 0 radical (unpaired) electrons. The zero-order valence-electron chi connectivity index (χ0n) is 10.0. The molecule has 0 atom stereocenters. The van der Waals surface area contributed by atoms with Crippen LogP contribution in [0.15, 0.2) is 16.7 Å². The molecular weight excluding hydrogens is 264 g/mol. The Balaban J connectivity index is 2.11. The third kappa shape index (κ3) is 2.57. The van der Waals surface area contributed by atoms with E-state index >= 15 is 0 Å². The van der Waals surface area contributed by atoms with E-state index in [1.807, 2.05) is 6.20 Å². The Labute approximate surface area is 106 Å². The first-order valence-corrected chi connectivity index (χ1v) is 6.87. The molecule has 88 valence electrons. The summed E-state index contributed by atoms with van der Waals surface area (Å²) in [4.78, 5) is 6.95. The van der Waals surface area contributed by atoms with Crippen LogP contribution in [0.5, 0.6) is 0 Å². The molecular formula is C13H19BrN2. The van der Waals surface area contributed by atoms with Crippen molar-refractivity contribution in [3.05, 3.63) is 22.3 Å². The molecule has 0 amide bonds. The van der Waals surface area contributed by atoms with E-state index in [2.05, 4.69) is 45.7 Å². The summed E-state index contributed by atoms with van der Waals surface area (Å²) in [6, 6.07) is 2.14. The van der Waals surface area contributed by atoms with Crippen molar-refractivity contribution in [2.24, 2.45) is 5.92 Å². The minimum Gasteiger partial charge on any atom is -0.356 e. The Bertz CT molecular complexity index is 361. The Morgan fingerprint density at radius 1 is 1.50 bits per heavy atom. The van der Waals surface area contributed by atoms with Crippen molar-refractivity contribution >= 4 is 21.7 Å². The molecule has 1 aromatic rings. The number of anilines is 1. The Morgan fingerprint density at radius 3 is 2.75 bits per heavy atom. The van der Waals surface area contributed by atoms with Gasteiger partial charge < -0.3 is 4.90 Å². The molecule has 3 heteroatoms. The molecule has 0 aliphatic heterocycles. The average Bonchev–Trinajstić information content (AvgIpc) is 2.18. The van der Waals surface area contributed by atoms with E-state index in [-0.39, 0.29) is 0 Å². The van der Waals surface area contributed by atoms with Gasteiger partial charge in [0.2, 0.25) is 0 Å². The first kappa shape index (κ1) is 11.9. The Kier molecular flexibility index (Phi) is 3.85. The first-order chi connectivity index (χ1) is 7.70. The van der Waals surface area contributed by atoms with Gasteiger partial charge in [-0.25, -0.2) is 4.98 Å². The van der Waals surface area contributed by atoms with Gasteiger partial charge in [0.1, 0.15) is 5.82 Å². The largest absolute Gasteiger partial charge is 0.356 e. The molecule has 1 aliphatic carbocycles. The fourth-order valence-corrected chi connectivity index (χ4v) is 2.66. The molecule has 1 aromatic heterocycles. The molecule has 0 unspecified atom stereocenters. The highest BCUT2D eigenvalue weighted by atomic mass is 79.9. The van der Waals surface area contributed by atoms with Gasteiger partial charge in [0.15, 0.2) is 0 Å². The average molecular weight is 283 g/mol. The second kappa shape index (κ2) is 5.17. The minimum atomic E-state index is 0.893. The lowest BCUT2D eigenvalue weighted by Crippen LogP contribution is -2.33. The van der Waals surface area contributed by atoms with Crippen LogP contribution >= 0.6 is 15.9 Å². The monoisotopic (exact) mass is 282 g/mol. The highest BCUT2D eigenvalue weighted by molar-refractivity contribution is 9.10. The van der Waals surface area contributed by atoms with Gasteiger partial charge >= 0.3 is 0 Å². The molecule has 0 bridgehead atoms. The highest BCUT2D eigenvalue weighted by Crippen LogP contribution is 2.29. The normalized spacial score (nSPS) is 15.9. The second-order valence-electron chi connectivity index (χ2n) is 4.63. The predicted molar refractivity (Wildman–Crippen MR) is 71.9 cm³/mol. The van der Waals surface area contributed by atoms with Gasteiger partial charge in [-0.1, -0.05) is 6.42 Å². The van der Waals surface area contributed by atoms with Crippen molar-refractivity contribution in [1.82, 2.24) is 4.98 Å². The van der Waals surface area contributed by atoms with Crippen LogP contribution < -0.4 is 4.90 Å². The molecule has 0 N–H and O–H groups in total. The van der Waals surface area contributed by atoms with Crippen molar-refractivity contribution < 1.29 is 0 Å². The predicted octanol–water partition coefficient (Wildman–Crippen LogP) is 3.78. The zero-order valence-corrected chi connectivity index (χ0v) is 11.6. The maximum atomic E-state index is 4.54. The quantitative estimate of drug-likeness (QED) is 0.836. The Hall–Kier alpha value is -0.570. The number of aryl methyl sites for hydroxylation is 1. The van der Waals surface area contributed by atoms with Gasteiger partial charge in [0.05, 0.1) is 0 Å². The van der Waals surface area contributed by atoms with Crippen LogP contribution in [0.2, 0.25) is 0 Å². The summed E-state index contributed by atoms with van der Waals surface area (Å²) in [5.41, 5.74) is 1.26. The van der Waals surface area contributed by atoms with E-state index in [9.17, 15) is 0 Å². The maximum absolute atomic E-state index is 4.54. The minimum absolute atomic E-state index is 0.893. The van der Waals surface area contributed by atoms with E-state index in [0.717, 1.165) is 22.8 Å². The third-order valence-electron chi connectivity index (χ3n) is 3.40. The second-order valence-corrected chi connectivity index (χ2v) is 5.55.